The van der Waals surface area contributed by atoms with Gasteiger partial charge in [-0.1, -0.05) is 0 Å². The summed E-state index contributed by atoms with van der Waals surface area (Å²) in [6, 6.07) is 0. The van der Waals surface area contributed by atoms with Gasteiger partial charge in [-0.15, -0.1) is 0 Å². The van der Waals surface area contributed by atoms with E-state index in [1.165, 1.54) is 0 Å². The Hall–Kier alpha value is -1.72. The fourth-order valence-electron chi connectivity index (χ4n) is 0.991. The van der Waals surface area contributed by atoms with Crippen molar-refractivity contribution in [3.05, 3.63) is 12.7 Å². The molecule has 0 radical (unpaired) electrons. The fourth-order valence-corrected chi connectivity index (χ4v) is 0.991. The Morgan fingerprint density at radius 3 is 3.09 bits per heavy atom. The zero-order valence-electron chi connectivity index (χ0n) is 6.02. The van der Waals surface area contributed by atoms with E-state index in [0.717, 1.165) is 5.65 Å². The summed E-state index contributed by atoms with van der Waals surface area (Å²) in [5.41, 5.74) is 9.21. The zero-order chi connectivity index (χ0) is 7.84. The molecule has 0 bridgehead atoms. The highest BCUT2D eigenvalue weighted by Gasteiger charge is 2.05. The van der Waals surface area contributed by atoms with Gasteiger partial charge in [-0.2, -0.15) is 9.61 Å². The number of hydrogen-bond donors (Lipinski definition) is 2. The molecular weight excluding hydrogens is 144 g/mol. The van der Waals surface area contributed by atoms with Crippen LogP contribution in [0.5, 0.6) is 0 Å². The van der Waals surface area contributed by atoms with Gasteiger partial charge in [0, 0.05) is 7.05 Å². The van der Waals surface area contributed by atoms with Crippen LogP contribution in [-0.2, 0) is 0 Å². The Morgan fingerprint density at radius 2 is 2.36 bits per heavy atom. The van der Waals surface area contributed by atoms with Crippen LogP contribution in [0, 0.1) is 0 Å². The number of anilines is 1. The van der Waals surface area contributed by atoms with Crippen LogP contribution in [-0.4, -0.2) is 26.3 Å². The summed E-state index contributed by atoms with van der Waals surface area (Å²) in [6.07, 6.45) is 3.20. The number of aromatic nitrogens is 4. The first-order valence-corrected chi connectivity index (χ1v) is 3.17. The van der Waals surface area contributed by atoms with Crippen molar-refractivity contribution in [1.29, 1.82) is 0 Å². The summed E-state index contributed by atoms with van der Waals surface area (Å²) >= 11 is 0. The summed E-state index contributed by atoms with van der Waals surface area (Å²) in [5, 5.41) is 3.98. The summed E-state index contributed by atoms with van der Waals surface area (Å²) in [6.45, 7) is 0. The Bertz CT molecular complexity index is 371. The van der Waals surface area contributed by atoms with Gasteiger partial charge in [0.25, 0.3) is 0 Å². The number of hydrogen-bond acceptors (Lipinski definition) is 4. The molecule has 0 aromatic carbocycles. The number of nitrogens with zero attached hydrogens (tertiary/aromatic N) is 4. The molecule has 0 saturated carbocycles. The van der Waals surface area contributed by atoms with Crippen molar-refractivity contribution < 1.29 is 0 Å². The van der Waals surface area contributed by atoms with Crippen LogP contribution in [0.3, 0.4) is 0 Å². The molecule has 6 nitrogen and oxygen atoms in total. The molecule has 2 aromatic heterocycles. The van der Waals surface area contributed by atoms with Crippen molar-refractivity contribution >= 4 is 11.5 Å². The zero-order valence-corrected chi connectivity index (χ0v) is 6.02. The molecule has 2 aromatic rings. The minimum atomic E-state index is 0.469. The maximum atomic E-state index is 5.56. The van der Waals surface area contributed by atoms with Crippen LogP contribution in [0.25, 0.3) is 5.65 Å². The molecule has 11 heavy (non-hydrogen) atoms. The Morgan fingerprint density at radius 1 is 1.55 bits per heavy atom. The van der Waals surface area contributed by atoms with Gasteiger partial charge in [-0.3, -0.25) is 0 Å². The van der Waals surface area contributed by atoms with Crippen LogP contribution in [0.2, 0.25) is 0 Å². The van der Waals surface area contributed by atoms with Gasteiger partial charge >= 0.3 is 0 Å². The highest BCUT2D eigenvalue weighted by atomic mass is 15.5. The Labute approximate surface area is 62.6 Å². The number of nitrogen functional groups attached to an aromatic ring is 1. The third-order valence-corrected chi connectivity index (χ3v) is 1.51. The first-order valence-electron chi connectivity index (χ1n) is 3.17. The van der Waals surface area contributed by atoms with Crippen LogP contribution in [0.1, 0.15) is 0 Å². The Kier molecular flexibility index (Phi) is 1.03. The molecule has 0 aliphatic heterocycles. The van der Waals surface area contributed by atoms with Crippen LogP contribution >= 0.6 is 0 Å². The molecule has 58 valence electrons. The molecule has 0 saturated heterocycles. The lowest BCUT2D eigenvalue weighted by molar-refractivity contribution is 0.938. The third kappa shape index (κ3) is 0.658. The topological polar surface area (TPSA) is 73.2 Å². The van der Waals surface area contributed by atoms with E-state index in [1.54, 1.807) is 28.9 Å². The molecule has 2 heterocycles. The van der Waals surface area contributed by atoms with E-state index >= 15 is 0 Å². The SMILES string of the molecule is CNn1cnn2cnc(N)c12. The molecule has 2 rings (SSSR count). The standard InChI is InChI=1S/C5H8N6/c1-7-10-3-9-11-2-8-4(6)5(10)11/h2-3,7H,6H2,1H3. The Balaban J connectivity index is 2.80. The number of fused-ring (bicyclic) bond motifs is 1. The van der Waals surface area contributed by atoms with Crippen molar-refractivity contribution in [2.75, 3.05) is 18.2 Å². The second kappa shape index (κ2) is 1.88. The van der Waals surface area contributed by atoms with E-state index in [0.29, 0.717) is 5.82 Å². The van der Waals surface area contributed by atoms with Crippen molar-refractivity contribution in [3.8, 4) is 0 Å². The fraction of sp³-hybridized carbons (Fsp3) is 0.200. The van der Waals surface area contributed by atoms with Gasteiger partial charge in [-0.25, -0.2) is 9.66 Å². The summed E-state index contributed by atoms with van der Waals surface area (Å²) in [7, 11) is 1.79. The van der Waals surface area contributed by atoms with E-state index in [4.69, 9.17) is 5.73 Å². The first-order chi connectivity index (χ1) is 5.33. The average Bonchev–Trinajstić information content (AvgIpc) is 2.54. The molecule has 0 aliphatic carbocycles. The molecule has 3 N–H and O–H groups in total. The van der Waals surface area contributed by atoms with Crippen LogP contribution in [0.4, 0.5) is 5.82 Å². The van der Waals surface area contributed by atoms with Gasteiger partial charge in [-0.05, 0) is 0 Å². The van der Waals surface area contributed by atoms with E-state index in [9.17, 15) is 0 Å². The first kappa shape index (κ1) is 6.02. The van der Waals surface area contributed by atoms with Crippen molar-refractivity contribution in [3.63, 3.8) is 0 Å². The molecule has 6 heteroatoms. The highest BCUT2D eigenvalue weighted by Crippen LogP contribution is 2.07. The predicted octanol–water partition coefficient (Wildman–Crippen LogP) is -0.714. The maximum Gasteiger partial charge on any atom is 0.198 e. The number of nitrogens with two attached hydrogens (primary N) is 1. The van der Waals surface area contributed by atoms with Crippen molar-refractivity contribution in [2.45, 2.75) is 0 Å². The molecule has 0 aliphatic rings. The van der Waals surface area contributed by atoms with Crippen molar-refractivity contribution in [1.82, 2.24) is 19.3 Å². The van der Waals surface area contributed by atoms with E-state index in [2.05, 4.69) is 15.5 Å². The van der Waals surface area contributed by atoms with Crippen molar-refractivity contribution in [2.24, 2.45) is 0 Å². The van der Waals surface area contributed by atoms with Gasteiger partial charge in [0.2, 0.25) is 0 Å². The second-order valence-electron chi connectivity index (χ2n) is 2.12. The lowest BCUT2D eigenvalue weighted by Crippen LogP contribution is -2.07. The largest absolute Gasteiger partial charge is 0.381 e. The number of imidazole rings is 1. The van der Waals surface area contributed by atoms with E-state index < -0.39 is 0 Å². The van der Waals surface area contributed by atoms with E-state index in [-0.39, 0.29) is 0 Å². The lowest BCUT2D eigenvalue weighted by Gasteiger charge is -1.97. The van der Waals surface area contributed by atoms with Gasteiger partial charge in [0.1, 0.15) is 12.7 Å². The average molecular weight is 152 g/mol. The monoisotopic (exact) mass is 152 g/mol. The minimum Gasteiger partial charge on any atom is -0.381 e. The molecule has 0 fully saturated rings. The molecule has 0 amide bonds. The second-order valence-corrected chi connectivity index (χ2v) is 2.12. The smallest absolute Gasteiger partial charge is 0.198 e. The number of nitrogens with one attached hydrogen (secondary N) is 1. The molecule has 0 atom stereocenters. The maximum absolute atomic E-state index is 5.56. The van der Waals surface area contributed by atoms with E-state index in [1.807, 2.05) is 0 Å². The van der Waals surface area contributed by atoms with Gasteiger partial charge < -0.3 is 11.2 Å². The highest BCUT2D eigenvalue weighted by molar-refractivity contribution is 5.60. The predicted molar refractivity (Wildman–Crippen MR) is 40.7 cm³/mol. The van der Waals surface area contributed by atoms with Crippen LogP contribution < -0.4 is 11.2 Å². The van der Waals surface area contributed by atoms with Crippen LogP contribution in [0.15, 0.2) is 12.7 Å². The lowest BCUT2D eigenvalue weighted by atomic mass is 10.7. The van der Waals surface area contributed by atoms with Gasteiger partial charge in [0.05, 0.1) is 0 Å². The summed E-state index contributed by atoms with van der Waals surface area (Å²) in [5.74, 6) is 0.469. The summed E-state index contributed by atoms with van der Waals surface area (Å²) < 4.78 is 3.30. The normalized spacial score (nSPS) is 10.6. The molecule has 0 spiro atoms. The van der Waals surface area contributed by atoms with Gasteiger partial charge in [0.15, 0.2) is 11.5 Å². The molecule has 0 unspecified atom stereocenters. The molecular formula is C5H8N6. The summed E-state index contributed by atoms with van der Waals surface area (Å²) in [4.78, 5) is 3.88. The minimum absolute atomic E-state index is 0.469. The third-order valence-electron chi connectivity index (χ3n) is 1.51. The number of rotatable bonds is 1. The quantitative estimate of drug-likeness (QED) is 0.566.